The van der Waals surface area contributed by atoms with E-state index in [2.05, 4.69) is 36.3 Å². The Kier molecular flexibility index (Phi) is 5.04. The Labute approximate surface area is 163 Å². The van der Waals surface area contributed by atoms with Crippen LogP contribution in [0.15, 0.2) is 45.2 Å². The molecule has 4 nitrogen and oxygen atoms in total. The zero-order valence-corrected chi connectivity index (χ0v) is 17.1. The first-order valence-corrected chi connectivity index (χ1v) is 11.2. The van der Waals surface area contributed by atoms with Gasteiger partial charge in [0.25, 0.3) is 5.56 Å². The number of fused-ring (bicyclic) bond motifs is 1. The fourth-order valence-corrected chi connectivity index (χ4v) is 5.73. The van der Waals surface area contributed by atoms with Gasteiger partial charge >= 0.3 is 0 Å². The van der Waals surface area contributed by atoms with E-state index in [4.69, 9.17) is 4.98 Å². The Bertz CT molecular complexity index is 1050. The number of aromatic amines is 1. The molecule has 0 radical (unpaired) electrons. The van der Waals surface area contributed by atoms with Crippen molar-refractivity contribution in [3.8, 4) is 10.4 Å². The molecule has 0 amide bonds. The molecule has 1 unspecified atom stereocenters. The molecular formula is C19H20N3OS3+. The maximum Gasteiger partial charge on any atom is 0.260 e. The summed E-state index contributed by atoms with van der Waals surface area (Å²) < 4.78 is 0. The van der Waals surface area contributed by atoms with Gasteiger partial charge in [0.1, 0.15) is 17.4 Å². The van der Waals surface area contributed by atoms with E-state index in [9.17, 15) is 4.79 Å². The van der Waals surface area contributed by atoms with Gasteiger partial charge in [-0.1, -0.05) is 12.1 Å². The standard InChI is InChI=1S/C19H19N3OS3/c1-3-22(10-13-6-4-8-24-13)12(2)17-20-18(23)16-14(11-26-19(16)21-17)15-7-5-9-25-15/h4-9,11-12H,3,10H2,1-2H3,(H,20,21,23)/p+1/t12-/m1/s1. The Hall–Kier alpha value is -1.80. The second-order valence-electron chi connectivity index (χ2n) is 6.25. The Morgan fingerprint density at radius 2 is 2.00 bits per heavy atom. The second kappa shape index (κ2) is 7.44. The number of nitrogens with zero attached hydrogens (tertiary/aromatic N) is 1. The molecule has 4 rings (SSSR count). The van der Waals surface area contributed by atoms with Gasteiger partial charge in [0.2, 0.25) is 0 Å². The summed E-state index contributed by atoms with van der Waals surface area (Å²) in [5, 5.41) is 6.90. The van der Waals surface area contributed by atoms with Crippen molar-refractivity contribution < 1.29 is 4.90 Å². The van der Waals surface area contributed by atoms with E-state index in [1.165, 1.54) is 9.78 Å². The summed E-state index contributed by atoms with van der Waals surface area (Å²) in [6.45, 7) is 6.24. The highest BCUT2D eigenvalue weighted by atomic mass is 32.1. The average Bonchev–Trinajstić information content (AvgIpc) is 3.39. The molecule has 4 heterocycles. The summed E-state index contributed by atoms with van der Waals surface area (Å²) in [5.74, 6) is 0.774. The lowest BCUT2D eigenvalue weighted by atomic mass is 10.2. The third-order valence-corrected chi connectivity index (χ3v) is 7.36. The van der Waals surface area contributed by atoms with Crippen molar-refractivity contribution in [3.05, 3.63) is 61.5 Å². The lowest BCUT2D eigenvalue weighted by Gasteiger charge is -2.23. The van der Waals surface area contributed by atoms with Crippen molar-refractivity contribution in [1.29, 1.82) is 0 Å². The Balaban J connectivity index is 1.69. The predicted molar refractivity (Wildman–Crippen MR) is 111 cm³/mol. The van der Waals surface area contributed by atoms with Crippen LogP contribution in [0.25, 0.3) is 20.7 Å². The largest absolute Gasteiger partial charge is 0.322 e. The van der Waals surface area contributed by atoms with E-state index < -0.39 is 0 Å². The molecule has 0 aliphatic heterocycles. The molecule has 134 valence electrons. The minimum absolute atomic E-state index is 0.0342. The van der Waals surface area contributed by atoms with E-state index >= 15 is 0 Å². The maximum absolute atomic E-state index is 12.8. The smallest absolute Gasteiger partial charge is 0.260 e. The zero-order chi connectivity index (χ0) is 18.1. The van der Waals surface area contributed by atoms with Gasteiger partial charge in [0, 0.05) is 15.8 Å². The lowest BCUT2D eigenvalue weighted by Crippen LogP contribution is -3.10. The van der Waals surface area contributed by atoms with Crippen LogP contribution in [0.3, 0.4) is 0 Å². The molecule has 2 atom stereocenters. The first-order chi connectivity index (χ1) is 12.7. The fourth-order valence-electron chi connectivity index (χ4n) is 3.20. The van der Waals surface area contributed by atoms with Crippen LogP contribution < -0.4 is 10.5 Å². The van der Waals surface area contributed by atoms with Crippen LogP contribution in [0.2, 0.25) is 0 Å². The number of hydrogen-bond acceptors (Lipinski definition) is 5. The molecule has 7 heteroatoms. The van der Waals surface area contributed by atoms with Crippen LogP contribution in [-0.4, -0.2) is 16.5 Å². The van der Waals surface area contributed by atoms with E-state index in [0.29, 0.717) is 5.39 Å². The molecule has 4 aromatic rings. The lowest BCUT2D eigenvalue weighted by molar-refractivity contribution is -0.941. The van der Waals surface area contributed by atoms with Crippen LogP contribution in [0.5, 0.6) is 0 Å². The second-order valence-corrected chi connectivity index (χ2v) is 9.09. The Morgan fingerprint density at radius 1 is 1.19 bits per heavy atom. The highest BCUT2D eigenvalue weighted by Crippen LogP contribution is 2.33. The summed E-state index contributed by atoms with van der Waals surface area (Å²) >= 11 is 4.98. The highest BCUT2D eigenvalue weighted by molar-refractivity contribution is 7.18. The minimum atomic E-state index is -0.0342. The molecule has 0 bridgehead atoms. The zero-order valence-electron chi connectivity index (χ0n) is 14.6. The monoisotopic (exact) mass is 402 g/mol. The number of aromatic nitrogens is 2. The van der Waals surface area contributed by atoms with Gasteiger partial charge in [-0.05, 0) is 36.7 Å². The predicted octanol–water partition coefficient (Wildman–Crippen LogP) is 3.94. The third-order valence-electron chi connectivity index (χ3n) is 4.71. The number of H-pyrrole nitrogens is 1. The van der Waals surface area contributed by atoms with Crippen LogP contribution in [-0.2, 0) is 6.54 Å². The van der Waals surface area contributed by atoms with Gasteiger partial charge in [-0.15, -0.1) is 34.0 Å². The van der Waals surface area contributed by atoms with E-state index in [-0.39, 0.29) is 11.6 Å². The molecule has 0 aliphatic carbocycles. The summed E-state index contributed by atoms with van der Waals surface area (Å²) in [6, 6.07) is 8.44. The molecule has 0 saturated heterocycles. The minimum Gasteiger partial charge on any atom is -0.322 e. The summed E-state index contributed by atoms with van der Waals surface area (Å²) in [4.78, 5) is 25.4. The molecule has 0 saturated carbocycles. The summed E-state index contributed by atoms with van der Waals surface area (Å²) in [5.41, 5.74) is 0.958. The van der Waals surface area contributed by atoms with Gasteiger partial charge in [-0.3, -0.25) is 4.79 Å². The number of thiophene rings is 3. The number of nitrogens with one attached hydrogen (secondary N) is 2. The van der Waals surface area contributed by atoms with Crippen molar-refractivity contribution in [2.45, 2.75) is 26.4 Å². The molecule has 0 fully saturated rings. The number of hydrogen-bond donors (Lipinski definition) is 2. The van der Waals surface area contributed by atoms with Gasteiger partial charge < -0.3 is 9.88 Å². The van der Waals surface area contributed by atoms with E-state index in [0.717, 1.165) is 34.2 Å². The average molecular weight is 403 g/mol. The van der Waals surface area contributed by atoms with E-state index in [1.807, 2.05) is 22.9 Å². The van der Waals surface area contributed by atoms with E-state index in [1.54, 1.807) is 34.0 Å². The quantitative estimate of drug-likeness (QED) is 0.513. The molecule has 0 aromatic carbocycles. The SMILES string of the molecule is CC[NH+](Cc1cccs1)[C@H](C)c1nc2scc(-c3cccs3)c2c(=O)[nH]1. The number of rotatable bonds is 6. The van der Waals surface area contributed by atoms with Crippen molar-refractivity contribution in [2.24, 2.45) is 0 Å². The van der Waals surface area contributed by atoms with Crippen molar-refractivity contribution in [2.75, 3.05) is 6.54 Å². The summed E-state index contributed by atoms with van der Waals surface area (Å²) in [7, 11) is 0. The van der Waals surface area contributed by atoms with Crippen LogP contribution in [0.1, 0.15) is 30.6 Å². The van der Waals surface area contributed by atoms with Gasteiger partial charge in [-0.2, -0.15) is 0 Å². The van der Waals surface area contributed by atoms with Crippen LogP contribution >= 0.6 is 34.0 Å². The Morgan fingerprint density at radius 3 is 2.69 bits per heavy atom. The molecule has 0 aliphatic rings. The van der Waals surface area contributed by atoms with Crippen molar-refractivity contribution in [3.63, 3.8) is 0 Å². The van der Waals surface area contributed by atoms with Crippen molar-refractivity contribution >= 4 is 44.2 Å². The van der Waals surface area contributed by atoms with Crippen LogP contribution in [0, 0.1) is 0 Å². The first-order valence-electron chi connectivity index (χ1n) is 8.59. The third kappa shape index (κ3) is 3.27. The molecule has 4 aromatic heterocycles. The fraction of sp³-hybridized carbons (Fsp3) is 0.263. The number of quaternary nitrogens is 1. The van der Waals surface area contributed by atoms with Gasteiger partial charge in [0.15, 0.2) is 5.82 Å². The molecule has 0 spiro atoms. The highest BCUT2D eigenvalue weighted by Gasteiger charge is 2.23. The van der Waals surface area contributed by atoms with Gasteiger partial charge in [-0.25, -0.2) is 4.98 Å². The molecule has 2 N–H and O–H groups in total. The van der Waals surface area contributed by atoms with Crippen molar-refractivity contribution in [1.82, 2.24) is 9.97 Å². The topological polar surface area (TPSA) is 50.2 Å². The normalized spacial score (nSPS) is 13.9. The first kappa shape index (κ1) is 17.6. The summed E-state index contributed by atoms with van der Waals surface area (Å²) in [6.07, 6.45) is 0. The van der Waals surface area contributed by atoms with Gasteiger partial charge in [0.05, 0.1) is 16.8 Å². The molecule has 26 heavy (non-hydrogen) atoms. The van der Waals surface area contributed by atoms with Crippen LogP contribution in [0.4, 0.5) is 0 Å². The maximum atomic E-state index is 12.8. The molecular weight excluding hydrogens is 382 g/mol.